The number of thiazole rings is 1. The molecule has 1 aromatic heterocycles. The van der Waals surface area contributed by atoms with Crippen LogP contribution in [0.4, 0.5) is 5.13 Å². The van der Waals surface area contributed by atoms with Crippen molar-refractivity contribution in [1.82, 2.24) is 4.98 Å². The zero-order valence-electron chi connectivity index (χ0n) is 12.7. The number of allylic oxidation sites excluding steroid dienone is 2. The lowest BCUT2D eigenvalue weighted by atomic mass is 9.93. The number of carbonyl (C=O) groups is 2. The van der Waals surface area contributed by atoms with Crippen LogP contribution < -0.4 is 10.1 Å². The van der Waals surface area contributed by atoms with Crippen LogP contribution in [0.1, 0.15) is 20.7 Å². The molecule has 0 fully saturated rings. The molecule has 0 amide bonds. The van der Waals surface area contributed by atoms with Crippen LogP contribution in [0, 0.1) is 0 Å². The minimum atomic E-state index is -0.206. The number of fused-ring (bicyclic) bond motifs is 2. The highest BCUT2D eigenvalue weighted by molar-refractivity contribution is 7.22. The molecule has 1 N–H and O–H groups in total. The predicted molar refractivity (Wildman–Crippen MR) is 93.0 cm³/mol. The van der Waals surface area contributed by atoms with Crippen LogP contribution in [0.2, 0.25) is 0 Å². The minimum absolute atomic E-state index is 0.185. The molecule has 4 rings (SSSR count). The lowest BCUT2D eigenvalue weighted by Crippen LogP contribution is -2.21. The number of aromatic nitrogens is 1. The Morgan fingerprint density at radius 3 is 2.67 bits per heavy atom. The fourth-order valence-corrected chi connectivity index (χ4v) is 3.47. The Labute approximate surface area is 141 Å². The summed E-state index contributed by atoms with van der Waals surface area (Å²) in [6, 6.07) is 12.4. The van der Waals surface area contributed by atoms with E-state index in [1.54, 1.807) is 31.4 Å². The SMILES string of the molecule is COc1ccc2sc(NC3=CC(=O)c4ccccc4C3=O)nc2c1. The van der Waals surface area contributed by atoms with Crippen LogP contribution in [-0.2, 0) is 0 Å². The second-order valence-corrected chi connectivity index (χ2v) is 6.31. The van der Waals surface area contributed by atoms with Gasteiger partial charge < -0.3 is 10.1 Å². The molecule has 5 nitrogen and oxygen atoms in total. The molecule has 0 aliphatic heterocycles. The van der Waals surface area contributed by atoms with E-state index in [2.05, 4.69) is 10.3 Å². The molecular formula is C18H12N2O3S. The average molecular weight is 336 g/mol. The quantitative estimate of drug-likeness (QED) is 0.790. The van der Waals surface area contributed by atoms with Gasteiger partial charge in [-0.25, -0.2) is 4.98 Å². The molecule has 0 bridgehead atoms. The highest BCUT2D eigenvalue weighted by Gasteiger charge is 2.25. The van der Waals surface area contributed by atoms with E-state index in [0.29, 0.717) is 16.3 Å². The summed E-state index contributed by atoms with van der Waals surface area (Å²) in [6.07, 6.45) is 1.33. The van der Waals surface area contributed by atoms with Gasteiger partial charge in [0.1, 0.15) is 5.75 Å². The van der Waals surface area contributed by atoms with Gasteiger partial charge in [0.25, 0.3) is 0 Å². The second kappa shape index (κ2) is 5.58. The number of ketones is 2. The number of Topliss-reactive ketones (excluding diaryl/α,β-unsaturated/α-hetero) is 1. The molecule has 0 atom stereocenters. The van der Waals surface area contributed by atoms with Gasteiger partial charge in [-0.3, -0.25) is 9.59 Å². The molecule has 1 aliphatic rings. The van der Waals surface area contributed by atoms with E-state index in [1.807, 2.05) is 18.2 Å². The van der Waals surface area contributed by atoms with Crippen LogP contribution in [0.25, 0.3) is 10.2 Å². The van der Waals surface area contributed by atoms with Crippen molar-refractivity contribution in [3.05, 3.63) is 65.4 Å². The maximum Gasteiger partial charge on any atom is 0.210 e. The smallest absolute Gasteiger partial charge is 0.210 e. The van der Waals surface area contributed by atoms with Crippen molar-refractivity contribution >= 4 is 38.3 Å². The molecule has 1 aliphatic carbocycles. The molecule has 6 heteroatoms. The van der Waals surface area contributed by atoms with Gasteiger partial charge in [-0.05, 0) is 12.1 Å². The molecule has 0 spiro atoms. The van der Waals surface area contributed by atoms with Crippen molar-refractivity contribution in [3.63, 3.8) is 0 Å². The third-order valence-corrected chi connectivity index (χ3v) is 4.75. The molecule has 0 unspecified atom stereocenters. The summed E-state index contributed by atoms with van der Waals surface area (Å²) < 4.78 is 6.15. The maximum atomic E-state index is 12.6. The predicted octanol–water partition coefficient (Wildman–Crippen LogP) is 3.68. The summed E-state index contributed by atoms with van der Waals surface area (Å²) in [5.41, 5.74) is 1.86. The number of benzene rings is 2. The Bertz CT molecular complexity index is 1020. The first-order valence-electron chi connectivity index (χ1n) is 7.27. The lowest BCUT2D eigenvalue weighted by Gasteiger charge is -2.14. The molecule has 0 saturated heterocycles. The highest BCUT2D eigenvalue weighted by Crippen LogP contribution is 2.31. The summed E-state index contributed by atoms with van der Waals surface area (Å²) >= 11 is 1.41. The Morgan fingerprint density at radius 1 is 1.08 bits per heavy atom. The van der Waals surface area contributed by atoms with E-state index in [1.165, 1.54) is 17.4 Å². The van der Waals surface area contributed by atoms with Gasteiger partial charge in [0.2, 0.25) is 5.78 Å². The van der Waals surface area contributed by atoms with Gasteiger partial charge in [0.15, 0.2) is 10.9 Å². The molecule has 2 aromatic carbocycles. The van der Waals surface area contributed by atoms with Crippen LogP contribution in [0.15, 0.2) is 54.2 Å². The van der Waals surface area contributed by atoms with Gasteiger partial charge in [0.05, 0.1) is 23.0 Å². The van der Waals surface area contributed by atoms with E-state index in [0.717, 1.165) is 16.0 Å². The molecule has 1 heterocycles. The van der Waals surface area contributed by atoms with Crippen LogP contribution in [0.5, 0.6) is 5.75 Å². The van der Waals surface area contributed by atoms with Gasteiger partial charge in [-0.15, -0.1) is 0 Å². The average Bonchev–Trinajstić information content (AvgIpc) is 3.00. The number of methoxy groups -OCH3 is 1. The molecule has 0 radical (unpaired) electrons. The van der Waals surface area contributed by atoms with Gasteiger partial charge in [-0.1, -0.05) is 35.6 Å². The zero-order valence-corrected chi connectivity index (χ0v) is 13.5. The molecule has 24 heavy (non-hydrogen) atoms. The lowest BCUT2D eigenvalue weighted by molar-refractivity contribution is 0.0985. The standard InChI is InChI=1S/C18H12N2O3S/c1-23-10-6-7-16-13(8-10)19-18(24-16)20-14-9-15(21)11-4-2-3-5-12(11)17(14)22/h2-9H,1H3,(H,19,20). The van der Waals surface area contributed by atoms with E-state index in [4.69, 9.17) is 4.74 Å². The van der Waals surface area contributed by atoms with E-state index in [9.17, 15) is 9.59 Å². The normalized spacial score (nSPS) is 13.6. The third-order valence-electron chi connectivity index (χ3n) is 3.79. The summed E-state index contributed by atoms with van der Waals surface area (Å²) in [6.45, 7) is 0. The van der Waals surface area contributed by atoms with E-state index < -0.39 is 0 Å². The van der Waals surface area contributed by atoms with Crippen LogP contribution in [0.3, 0.4) is 0 Å². The number of rotatable bonds is 3. The Balaban J connectivity index is 1.68. The number of hydrogen-bond donors (Lipinski definition) is 1. The summed E-state index contributed by atoms with van der Waals surface area (Å²) in [5.74, 6) is 0.328. The minimum Gasteiger partial charge on any atom is -0.497 e. The number of carbonyl (C=O) groups excluding carboxylic acids is 2. The monoisotopic (exact) mass is 336 g/mol. The van der Waals surface area contributed by atoms with E-state index >= 15 is 0 Å². The van der Waals surface area contributed by atoms with Gasteiger partial charge in [-0.2, -0.15) is 0 Å². The largest absolute Gasteiger partial charge is 0.497 e. The summed E-state index contributed by atoms with van der Waals surface area (Å²) in [7, 11) is 1.60. The fraction of sp³-hybridized carbons (Fsp3) is 0.0556. The van der Waals surface area contributed by atoms with Crippen molar-refractivity contribution in [1.29, 1.82) is 0 Å². The number of nitrogens with one attached hydrogen (secondary N) is 1. The maximum absolute atomic E-state index is 12.6. The van der Waals surface area contributed by atoms with Crippen LogP contribution in [-0.4, -0.2) is 23.7 Å². The number of ether oxygens (including phenoxy) is 1. The first-order valence-corrected chi connectivity index (χ1v) is 8.09. The van der Waals surface area contributed by atoms with Crippen LogP contribution >= 0.6 is 11.3 Å². The Morgan fingerprint density at radius 2 is 1.88 bits per heavy atom. The zero-order chi connectivity index (χ0) is 16.7. The third kappa shape index (κ3) is 2.37. The first-order chi connectivity index (χ1) is 11.7. The Hall–Kier alpha value is -2.99. The van der Waals surface area contributed by atoms with E-state index in [-0.39, 0.29) is 17.3 Å². The molecule has 118 valence electrons. The first kappa shape index (κ1) is 14.6. The topological polar surface area (TPSA) is 68.3 Å². The molecule has 3 aromatic rings. The van der Waals surface area contributed by atoms with Crippen molar-refractivity contribution in [2.75, 3.05) is 12.4 Å². The molecule has 0 saturated carbocycles. The van der Waals surface area contributed by atoms with Crippen molar-refractivity contribution in [3.8, 4) is 5.75 Å². The van der Waals surface area contributed by atoms with Crippen molar-refractivity contribution < 1.29 is 14.3 Å². The fourth-order valence-electron chi connectivity index (χ4n) is 2.61. The highest BCUT2D eigenvalue weighted by atomic mass is 32.1. The summed E-state index contributed by atoms with van der Waals surface area (Å²) in [4.78, 5) is 29.2. The molecular weight excluding hydrogens is 324 g/mol. The summed E-state index contributed by atoms with van der Waals surface area (Å²) in [5, 5.41) is 3.55. The number of nitrogens with zero attached hydrogens (tertiary/aromatic N) is 1. The van der Waals surface area contributed by atoms with Crippen molar-refractivity contribution in [2.45, 2.75) is 0 Å². The Kier molecular flexibility index (Phi) is 3.39. The second-order valence-electron chi connectivity index (χ2n) is 5.27. The number of hydrogen-bond acceptors (Lipinski definition) is 6. The van der Waals surface area contributed by atoms with Crippen molar-refractivity contribution in [2.24, 2.45) is 0 Å². The van der Waals surface area contributed by atoms with Gasteiger partial charge in [0, 0.05) is 23.3 Å². The number of anilines is 1. The van der Waals surface area contributed by atoms with Gasteiger partial charge >= 0.3 is 0 Å².